The van der Waals surface area contributed by atoms with E-state index in [9.17, 15) is 14.0 Å². The van der Waals surface area contributed by atoms with Gasteiger partial charge in [0.2, 0.25) is 5.91 Å². The van der Waals surface area contributed by atoms with Gasteiger partial charge >= 0.3 is 0 Å². The molecule has 164 valence electrons. The van der Waals surface area contributed by atoms with E-state index in [-0.39, 0.29) is 43.0 Å². The van der Waals surface area contributed by atoms with Gasteiger partial charge in [-0.1, -0.05) is 0 Å². The van der Waals surface area contributed by atoms with Crippen LogP contribution in [0, 0.1) is 5.82 Å². The number of rotatable bonds is 8. The molecule has 2 heterocycles. The van der Waals surface area contributed by atoms with E-state index in [1.54, 1.807) is 43.8 Å². The Morgan fingerprint density at radius 3 is 2.62 bits per heavy atom. The number of nitrogens with zero attached hydrogens (tertiary/aromatic N) is 2. The van der Waals surface area contributed by atoms with Gasteiger partial charge < -0.3 is 14.8 Å². The maximum Gasteiger partial charge on any atom is 0.220 e. The molecule has 0 spiro atoms. The number of aromatic nitrogens is 2. The van der Waals surface area contributed by atoms with Crippen LogP contribution in [0.3, 0.4) is 0 Å². The van der Waals surface area contributed by atoms with Crippen molar-refractivity contribution in [2.24, 2.45) is 0 Å². The van der Waals surface area contributed by atoms with Crippen LogP contribution >= 0.6 is 0 Å². The fraction of sp³-hybridized carbons (Fsp3) is 0.250. The molecule has 0 fully saturated rings. The first-order valence-corrected chi connectivity index (χ1v) is 10.2. The summed E-state index contributed by atoms with van der Waals surface area (Å²) in [5, 5.41) is 2.80. The molecule has 1 N–H and O–H groups in total. The fourth-order valence-electron chi connectivity index (χ4n) is 3.63. The molecule has 8 heteroatoms. The largest absolute Gasteiger partial charge is 0.497 e. The Kier molecular flexibility index (Phi) is 6.39. The number of ketones is 1. The first-order valence-electron chi connectivity index (χ1n) is 10.2. The molecule has 1 aromatic heterocycles. The molecule has 3 aromatic rings. The predicted octanol–water partition coefficient (Wildman–Crippen LogP) is 3.37. The lowest BCUT2D eigenvalue weighted by molar-refractivity contribution is -0.121. The van der Waals surface area contributed by atoms with Gasteiger partial charge in [-0.25, -0.2) is 14.4 Å². The fourth-order valence-corrected chi connectivity index (χ4v) is 3.63. The molecule has 0 aliphatic carbocycles. The zero-order valence-corrected chi connectivity index (χ0v) is 17.5. The number of benzene rings is 2. The molecule has 32 heavy (non-hydrogen) atoms. The minimum absolute atomic E-state index is 0.0752. The molecular formula is C24H22FN3O4. The van der Waals surface area contributed by atoms with Crippen LogP contribution in [0.15, 0.2) is 55.1 Å². The van der Waals surface area contributed by atoms with Crippen LogP contribution in [-0.4, -0.2) is 41.4 Å². The Morgan fingerprint density at radius 1 is 1.16 bits per heavy atom. The third kappa shape index (κ3) is 4.91. The Morgan fingerprint density at radius 2 is 1.91 bits per heavy atom. The zero-order chi connectivity index (χ0) is 22.5. The maximum atomic E-state index is 14.1. The average Bonchev–Trinajstić information content (AvgIpc) is 3.24. The molecule has 0 unspecified atom stereocenters. The number of carbonyl (C=O) groups is 2. The molecule has 0 saturated carbocycles. The Labute approximate surface area is 184 Å². The van der Waals surface area contributed by atoms with Crippen LogP contribution in [0.2, 0.25) is 0 Å². The lowest BCUT2D eigenvalue weighted by atomic mass is 10.0. The van der Waals surface area contributed by atoms with Crippen molar-refractivity contribution >= 4 is 11.7 Å². The van der Waals surface area contributed by atoms with Gasteiger partial charge in [0.1, 0.15) is 29.7 Å². The van der Waals surface area contributed by atoms with Gasteiger partial charge in [-0.3, -0.25) is 9.59 Å². The van der Waals surface area contributed by atoms with E-state index in [0.29, 0.717) is 34.6 Å². The van der Waals surface area contributed by atoms with Crippen molar-refractivity contribution in [1.82, 2.24) is 15.3 Å². The SMILES string of the molecule is COc1ccc(C(=O)CCC(=O)NC[C@@H]2Cc3cc(F)cc(-c4cncnc4)c3O2)cc1. The maximum absolute atomic E-state index is 14.1. The summed E-state index contributed by atoms with van der Waals surface area (Å²) in [6, 6.07) is 9.61. The Balaban J connectivity index is 1.30. The quantitative estimate of drug-likeness (QED) is 0.546. The van der Waals surface area contributed by atoms with E-state index in [1.807, 2.05) is 0 Å². The van der Waals surface area contributed by atoms with Crippen molar-refractivity contribution in [2.75, 3.05) is 13.7 Å². The molecule has 0 radical (unpaired) electrons. The molecule has 0 bridgehead atoms. The van der Waals surface area contributed by atoms with Gasteiger partial charge in [-0.15, -0.1) is 0 Å². The average molecular weight is 435 g/mol. The van der Waals surface area contributed by atoms with Crippen molar-refractivity contribution in [1.29, 1.82) is 0 Å². The lowest BCUT2D eigenvalue weighted by Gasteiger charge is -2.13. The van der Waals surface area contributed by atoms with Gasteiger partial charge in [0.25, 0.3) is 0 Å². The third-order valence-electron chi connectivity index (χ3n) is 5.25. The molecule has 1 aliphatic heterocycles. The number of methoxy groups -OCH3 is 1. The summed E-state index contributed by atoms with van der Waals surface area (Å²) in [4.78, 5) is 32.5. The second-order valence-corrected chi connectivity index (χ2v) is 7.47. The van der Waals surface area contributed by atoms with Crippen molar-refractivity contribution in [3.8, 4) is 22.6 Å². The number of nitrogens with one attached hydrogen (secondary N) is 1. The number of halogens is 1. The minimum atomic E-state index is -0.368. The molecule has 1 aliphatic rings. The van der Waals surface area contributed by atoms with Crippen molar-refractivity contribution in [3.05, 3.63) is 72.1 Å². The summed E-state index contributed by atoms with van der Waals surface area (Å²) < 4.78 is 25.2. The van der Waals surface area contributed by atoms with Crippen molar-refractivity contribution in [3.63, 3.8) is 0 Å². The standard InChI is InChI=1S/C24H22FN3O4/c1-31-19-4-2-15(3-5-19)22(29)6-7-23(30)28-13-20-9-16-8-18(25)10-21(24(16)32-20)17-11-26-14-27-12-17/h2-5,8,10-12,14,20H,6-7,9,13H2,1H3,(H,28,30)/t20-/m0/s1. The van der Waals surface area contributed by atoms with E-state index < -0.39 is 0 Å². The number of amides is 1. The van der Waals surface area contributed by atoms with E-state index in [4.69, 9.17) is 9.47 Å². The van der Waals surface area contributed by atoms with Gasteiger partial charge in [0.15, 0.2) is 5.78 Å². The van der Waals surface area contributed by atoms with Gasteiger partial charge in [-0.05, 0) is 36.4 Å². The highest BCUT2D eigenvalue weighted by atomic mass is 19.1. The zero-order valence-electron chi connectivity index (χ0n) is 17.5. The highest BCUT2D eigenvalue weighted by molar-refractivity contribution is 5.98. The second-order valence-electron chi connectivity index (χ2n) is 7.47. The molecule has 7 nitrogen and oxygen atoms in total. The number of hydrogen-bond acceptors (Lipinski definition) is 6. The topological polar surface area (TPSA) is 90.4 Å². The lowest BCUT2D eigenvalue weighted by Crippen LogP contribution is -2.34. The first kappa shape index (κ1) is 21.4. The molecule has 1 amide bonds. The number of carbonyl (C=O) groups excluding carboxylic acids is 2. The van der Waals surface area contributed by atoms with Crippen LogP contribution in [0.1, 0.15) is 28.8 Å². The number of Topliss-reactive ketones (excluding diaryl/α,β-unsaturated/α-hetero) is 1. The first-order chi connectivity index (χ1) is 15.5. The summed E-state index contributed by atoms with van der Waals surface area (Å²) in [6.45, 7) is 0.261. The number of hydrogen-bond donors (Lipinski definition) is 1. The van der Waals surface area contributed by atoms with E-state index >= 15 is 0 Å². The van der Waals surface area contributed by atoms with Crippen LogP contribution in [0.5, 0.6) is 11.5 Å². The summed E-state index contributed by atoms with van der Waals surface area (Å²) in [7, 11) is 1.56. The van der Waals surface area contributed by atoms with Crippen LogP contribution in [0.25, 0.3) is 11.1 Å². The van der Waals surface area contributed by atoms with Crippen LogP contribution < -0.4 is 14.8 Å². The minimum Gasteiger partial charge on any atom is -0.497 e. The number of ether oxygens (including phenoxy) is 2. The summed E-state index contributed by atoms with van der Waals surface area (Å²) in [5.41, 5.74) is 2.51. The number of fused-ring (bicyclic) bond motifs is 1. The Bertz CT molecular complexity index is 1120. The summed E-state index contributed by atoms with van der Waals surface area (Å²) in [5.74, 6) is 0.523. The Hall–Kier alpha value is -3.81. The molecule has 1 atom stereocenters. The summed E-state index contributed by atoms with van der Waals surface area (Å²) in [6.07, 6.45) is 4.93. The van der Waals surface area contributed by atoms with Gasteiger partial charge in [0, 0.05) is 53.9 Å². The van der Waals surface area contributed by atoms with Gasteiger partial charge in [0.05, 0.1) is 13.7 Å². The second kappa shape index (κ2) is 9.55. The molecule has 2 aromatic carbocycles. The van der Waals surface area contributed by atoms with Gasteiger partial charge in [-0.2, -0.15) is 0 Å². The van der Waals surface area contributed by atoms with E-state index in [0.717, 1.165) is 5.56 Å². The normalized spacial score (nSPS) is 14.4. The van der Waals surface area contributed by atoms with Crippen LogP contribution in [0.4, 0.5) is 4.39 Å². The molecular weight excluding hydrogens is 413 g/mol. The van der Waals surface area contributed by atoms with Crippen LogP contribution in [-0.2, 0) is 11.2 Å². The highest BCUT2D eigenvalue weighted by Gasteiger charge is 2.27. The molecule has 4 rings (SSSR count). The molecule has 0 saturated heterocycles. The monoisotopic (exact) mass is 435 g/mol. The van der Waals surface area contributed by atoms with Crippen molar-refractivity contribution < 1.29 is 23.5 Å². The predicted molar refractivity (Wildman–Crippen MR) is 115 cm³/mol. The highest BCUT2D eigenvalue weighted by Crippen LogP contribution is 2.39. The van der Waals surface area contributed by atoms with E-state index in [2.05, 4.69) is 15.3 Å². The summed E-state index contributed by atoms with van der Waals surface area (Å²) >= 11 is 0. The van der Waals surface area contributed by atoms with E-state index in [1.165, 1.54) is 18.5 Å². The smallest absolute Gasteiger partial charge is 0.220 e. The third-order valence-corrected chi connectivity index (χ3v) is 5.25. The van der Waals surface area contributed by atoms with Crippen molar-refractivity contribution in [2.45, 2.75) is 25.4 Å².